The number of hydrogen-bond donors (Lipinski definition) is 1. The first-order valence-electron chi connectivity index (χ1n) is 4.82. The lowest BCUT2D eigenvalue weighted by molar-refractivity contribution is 0.164. The van der Waals surface area contributed by atoms with Crippen LogP contribution in [0.25, 0.3) is 0 Å². The van der Waals surface area contributed by atoms with Crippen molar-refractivity contribution in [2.24, 2.45) is 0 Å². The van der Waals surface area contributed by atoms with Crippen molar-refractivity contribution in [2.45, 2.75) is 12.5 Å². The SMILES string of the molecule is COCC1NCCc2cccc(Br)c21. The lowest BCUT2D eigenvalue weighted by Crippen LogP contribution is -2.32. The minimum atomic E-state index is 0.333. The predicted octanol–water partition coefficient (Wildman–Crippen LogP) is 2.28. The Bertz CT molecular complexity index is 327. The number of fused-ring (bicyclic) bond motifs is 1. The molecule has 0 saturated heterocycles. The van der Waals surface area contributed by atoms with Gasteiger partial charge in [0.1, 0.15) is 0 Å². The van der Waals surface area contributed by atoms with Gasteiger partial charge in [-0.05, 0) is 30.2 Å². The van der Waals surface area contributed by atoms with Gasteiger partial charge in [-0.2, -0.15) is 0 Å². The van der Waals surface area contributed by atoms with Crippen LogP contribution in [0, 0.1) is 0 Å². The lowest BCUT2D eigenvalue weighted by atomic mass is 9.95. The summed E-state index contributed by atoms with van der Waals surface area (Å²) in [4.78, 5) is 0. The molecule has 1 atom stereocenters. The summed E-state index contributed by atoms with van der Waals surface area (Å²) in [5, 5.41) is 3.46. The highest BCUT2D eigenvalue weighted by Crippen LogP contribution is 2.30. The number of halogens is 1. The third-order valence-corrected chi connectivity index (χ3v) is 3.30. The molecule has 0 fully saturated rings. The van der Waals surface area contributed by atoms with Crippen LogP contribution in [0.1, 0.15) is 17.2 Å². The van der Waals surface area contributed by atoms with Crippen molar-refractivity contribution in [2.75, 3.05) is 20.3 Å². The van der Waals surface area contributed by atoms with E-state index in [2.05, 4.69) is 39.4 Å². The standard InChI is InChI=1S/C11H14BrNO/c1-14-7-10-11-8(5-6-13-10)3-2-4-9(11)12/h2-4,10,13H,5-7H2,1H3. The summed E-state index contributed by atoms with van der Waals surface area (Å²) in [5.41, 5.74) is 2.79. The van der Waals surface area contributed by atoms with Crippen molar-refractivity contribution in [3.63, 3.8) is 0 Å². The fourth-order valence-electron chi connectivity index (χ4n) is 1.98. The van der Waals surface area contributed by atoms with Crippen LogP contribution in [0.2, 0.25) is 0 Å². The molecule has 14 heavy (non-hydrogen) atoms. The van der Waals surface area contributed by atoms with Crippen LogP contribution in [0.5, 0.6) is 0 Å². The molecule has 0 aromatic heterocycles. The molecular formula is C11H14BrNO. The Morgan fingerprint density at radius 1 is 1.57 bits per heavy atom. The zero-order chi connectivity index (χ0) is 9.97. The minimum Gasteiger partial charge on any atom is -0.383 e. The summed E-state index contributed by atoms with van der Waals surface area (Å²) in [6.07, 6.45) is 1.11. The molecule has 2 rings (SSSR count). The van der Waals surface area contributed by atoms with E-state index in [0.29, 0.717) is 6.04 Å². The van der Waals surface area contributed by atoms with Crippen LogP contribution >= 0.6 is 15.9 Å². The van der Waals surface area contributed by atoms with Gasteiger partial charge in [0.25, 0.3) is 0 Å². The molecule has 0 saturated carbocycles. The average Bonchev–Trinajstić information content (AvgIpc) is 2.19. The number of rotatable bonds is 2. The van der Waals surface area contributed by atoms with Crippen LogP contribution in [-0.4, -0.2) is 20.3 Å². The number of ether oxygens (including phenoxy) is 1. The number of methoxy groups -OCH3 is 1. The van der Waals surface area contributed by atoms with Crippen LogP contribution in [0.3, 0.4) is 0 Å². The molecule has 76 valence electrons. The highest BCUT2D eigenvalue weighted by atomic mass is 79.9. The Labute approximate surface area is 92.8 Å². The van der Waals surface area contributed by atoms with Crippen molar-refractivity contribution in [1.29, 1.82) is 0 Å². The van der Waals surface area contributed by atoms with Gasteiger partial charge in [0.15, 0.2) is 0 Å². The van der Waals surface area contributed by atoms with E-state index in [9.17, 15) is 0 Å². The van der Waals surface area contributed by atoms with Crippen molar-refractivity contribution in [3.05, 3.63) is 33.8 Å². The maximum atomic E-state index is 5.21. The highest BCUT2D eigenvalue weighted by Gasteiger charge is 2.21. The quantitative estimate of drug-likeness (QED) is 0.876. The summed E-state index contributed by atoms with van der Waals surface area (Å²) in [6, 6.07) is 6.72. The zero-order valence-electron chi connectivity index (χ0n) is 8.22. The fourth-order valence-corrected chi connectivity index (χ4v) is 2.67. The van der Waals surface area contributed by atoms with E-state index in [1.54, 1.807) is 7.11 Å². The third kappa shape index (κ3) is 1.85. The summed E-state index contributed by atoms with van der Waals surface area (Å²) >= 11 is 3.60. The summed E-state index contributed by atoms with van der Waals surface area (Å²) in [6.45, 7) is 1.77. The maximum absolute atomic E-state index is 5.21. The largest absolute Gasteiger partial charge is 0.383 e. The van der Waals surface area contributed by atoms with Gasteiger partial charge in [-0.1, -0.05) is 28.1 Å². The van der Waals surface area contributed by atoms with Gasteiger partial charge in [0.05, 0.1) is 12.6 Å². The van der Waals surface area contributed by atoms with Crippen LogP contribution < -0.4 is 5.32 Å². The number of nitrogens with one attached hydrogen (secondary N) is 1. The molecule has 1 aromatic rings. The summed E-state index contributed by atoms with van der Waals surface area (Å²) < 4.78 is 6.39. The Hall–Kier alpha value is -0.380. The molecule has 0 bridgehead atoms. The van der Waals surface area contributed by atoms with Crippen molar-refractivity contribution in [3.8, 4) is 0 Å². The van der Waals surface area contributed by atoms with Crippen molar-refractivity contribution >= 4 is 15.9 Å². The van der Waals surface area contributed by atoms with Gasteiger partial charge < -0.3 is 10.1 Å². The van der Waals surface area contributed by atoms with Gasteiger partial charge in [-0.25, -0.2) is 0 Å². The van der Waals surface area contributed by atoms with Crippen LogP contribution in [0.4, 0.5) is 0 Å². The van der Waals surface area contributed by atoms with E-state index in [4.69, 9.17) is 4.74 Å². The Morgan fingerprint density at radius 3 is 3.21 bits per heavy atom. The van der Waals surface area contributed by atoms with Gasteiger partial charge in [-0.3, -0.25) is 0 Å². The maximum Gasteiger partial charge on any atom is 0.0658 e. The Morgan fingerprint density at radius 2 is 2.43 bits per heavy atom. The Kier molecular flexibility index (Phi) is 3.21. The van der Waals surface area contributed by atoms with Gasteiger partial charge >= 0.3 is 0 Å². The lowest BCUT2D eigenvalue weighted by Gasteiger charge is -2.27. The highest BCUT2D eigenvalue weighted by molar-refractivity contribution is 9.10. The first-order valence-corrected chi connectivity index (χ1v) is 5.62. The topological polar surface area (TPSA) is 21.3 Å². The molecule has 3 heteroatoms. The average molecular weight is 256 g/mol. The smallest absolute Gasteiger partial charge is 0.0658 e. The molecule has 1 unspecified atom stereocenters. The van der Waals surface area contributed by atoms with Crippen molar-refractivity contribution in [1.82, 2.24) is 5.32 Å². The normalized spacial score (nSPS) is 20.6. The first kappa shape index (κ1) is 10.1. The molecule has 0 aliphatic carbocycles. The van der Waals surface area contributed by atoms with Gasteiger partial charge in [0, 0.05) is 11.6 Å². The van der Waals surface area contributed by atoms with Crippen LogP contribution in [0.15, 0.2) is 22.7 Å². The molecule has 1 aromatic carbocycles. The molecule has 0 spiro atoms. The van der Waals surface area contributed by atoms with E-state index in [-0.39, 0.29) is 0 Å². The van der Waals surface area contributed by atoms with Gasteiger partial charge in [-0.15, -0.1) is 0 Å². The third-order valence-electron chi connectivity index (χ3n) is 2.61. The Balaban J connectivity index is 2.36. The molecule has 1 aliphatic heterocycles. The predicted molar refractivity (Wildman–Crippen MR) is 60.5 cm³/mol. The van der Waals surface area contributed by atoms with Crippen LogP contribution in [-0.2, 0) is 11.2 Å². The summed E-state index contributed by atoms with van der Waals surface area (Å²) in [7, 11) is 1.74. The second-order valence-electron chi connectivity index (χ2n) is 3.52. The van der Waals surface area contributed by atoms with E-state index >= 15 is 0 Å². The molecule has 1 heterocycles. The van der Waals surface area contributed by atoms with E-state index < -0.39 is 0 Å². The van der Waals surface area contributed by atoms with Crippen molar-refractivity contribution < 1.29 is 4.74 Å². The molecule has 0 radical (unpaired) electrons. The first-order chi connectivity index (χ1) is 6.83. The molecular weight excluding hydrogens is 242 g/mol. The fraction of sp³-hybridized carbons (Fsp3) is 0.455. The minimum absolute atomic E-state index is 0.333. The second-order valence-corrected chi connectivity index (χ2v) is 4.38. The van der Waals surface area contributed by atoms with E-state index in [0.717, 1.165) is 19.6 Å². The monoisotopic (exact) mass is 255 g/mol. The summed E-state index contributed by atoms with van der Waals surface area (Å²) in [5.74, 6) is 0. The van der Waals surface area contributed by atoms with E-state index in [1.165, 1.54) is 15.6 Å². The number of benzene rings is 1. The number of hydrogen-bond acceptors (Lipinski definition) is 2. The molecule has 2 nitrogen and oxygen atoms in total. The molecule has 1 N–H and O–H groups in total. The molecule has 0 amide bonds. The van der Waals surface area contributed by atoms with Gasteiger partial charge in [0.2, 0.25) is 0 Å². The second kappa shape index (κ2) is 4.43. The zero-order valence-corrected chi connectivity index (χ0v) is 9.80. The molecule has 1 aliphatic rings. The van der Waals surface area contributed by atoms with E-state index in [1.807, 2.05) is 0 Å².